The van der Waals surface area contributed by atoms with Crippen LogP contribution in [-0.4, -0.2) is 61.6 Å². The number of carbonyl (C=O) groups is 3. The van der Waals surface area contributed by atoms with Gasteiger partial charge >= 0.3 is 0 Å². The second-order valence-electron chi connectivity index (χ2n) is 7.36. The summed E-state index contributed by atoms with van der Waals surface area (Å²) in [6, 6.07) is 5.48. The summed E-state index contributed by atoms with van der Waals surface area (Å²) in [6.45, 7) is 5.10. The van der Waals surface area contributed by atoms with Crippen molar-refractivity contribution in [3.8, 4) is 11.5 Å². The van der Waals surface area contributed by atoms with Crippen molar-refractivity contribution in [3.63, 3.8) is 0 Å². The van der Waals surface area contributed by atoms with Crippen molar-refractivity contribution in [2.75, 3.05) is 33.1 Å². The number of anilines is 1. The topological polar surface area (TPSA) is 123 Å². The fourth-order valence-corrected chi connectivity index (χ4v) is 2.82. The van der Waals surface area contributed by atoms with Crippen LogP contribution in [0.1, 0.15) is 30.0 Å². The predicted octanol–water partition coefficient (Wildman–Crippen LogP) is 1.85. The van der Waals surface area contributed by atoms with Crippen molar-refractivity contribution in [1.29, 1.82) is 0 Å². The van der Waals surface area contributed by atoms with E-state index >= 15 is 0 Å². The van der Waals surface area contributed by atoms with E-state index < -0.39 is 23.8 Å². The normalized spacial score (nSPS) is 11.6. The lowest BCUT2D eigenvalue weighted by Gasteiger charge is -2.26. The third-order valence-electron chi connectivity index (χ3n) is 4.49. The molecule has 1 aromatic carbocycles. The number of nitrogens with zero attached hydrogens (tertiary/aromatic N) is 2. The Bertz CT molecular complexity index is 917. The summed E-state index contributed by atoms with van der Waals surface area (Å²) >= 11 is 0. The molecule has 10 nitrogen and oxygen atoms in total. The molecule has 0 fully saturated rings. The monoisotopic (exact) mass is 432 g/mol. The minimum atomic E-state index is -0.836. The molecule has 0 bridgehead atoms. The molecule has 0 aliphatic carbocycles. The average molecular weight is 432 g/mol. The largest absolute Gasteiger partial charge is 0.497 e. The summed E-state index contributed by atoms with van der Waals surface area (Å²) in [4.78, 5) is 39.2. The molecule has 1 heterocycles. The van der Waals surface area contributed by atoms with Crippen molar-refractivity contribution in [2.24, 2.45) is 5.92 Å². The molecule has 31 heavy (non-hydrogen) atoms. The molecule has 2 rings (SSSR count). The fraction of sp³-hybridized carbons (Fsp3) is 0.429. The van der Waals surface area contributed by atoms with Crippen LogP contribution in [0.25, 0.3) is 0 Å². The van der Waals surface area contributed by atoms with Gasteiger partial charge in [-0.05, 0) is 25.0 Å². The number of nitrogens with one attached hydrogen (secondary N) is 2. The van der Waals surface area contributed by atoms with Crippen LogP contribution in [0, 0.1) is 12.8 Å². The van der Waals surface area contributed by atoms with Crippen LogP contribution < -0.4 is 20.1 Å². The van der Waals surface area contributed by atoms with Gasteiger partial charge in [0.25, 0.3) is 5.91 Å². The zero-order valence-corrected chi connectivity index (χ0v) is 18.5. The molecule has 0 aliphatic heterocycles. The molecular weight excluding hydrogens is 404 g/mol. The Morgan fingerprint density at radius 2 is 1.71 bits per heavy atom. The number of ether oxygens (including phenoxy) is 2. The summed E-state index contributed by atoms with van der Waals surface area (Å²) in [5, 5.41) is 8.98. The number of carbonyl (C=O) groups excluding carboxylic acids is 3. The van der Waals surface area contributed by atoms with Gasteiger partial charge in [-0.15, -0.1) is 0 Å². The molecule has 3 amide bonds. The number of likely N-dealkylation sites (N-methyl/N-ethyl adjacent to an activating group) is 1. The van der Waals surface area contributed by atoms with Crippen molar-refractivity contribution >= 4 is 23.5 Å². The summed E-state index contributed by atoms with van der Waals surface area (Å²) in [7, 11) is 4.46. The number of aromatic nitrogens is 1. The highest BCUT2D eigenvalue weighted by atomic mass is 16.5. The van der Waals surface area contributed by atoms with E-state index in [9.17, 15) is 14.4 Å². The number of rotatable bonds is 9. The van der Waals surface area contributed by atoms with Gasteiger partial charge in [0.2, 0.25) is 11.8 Å². The molecule has 2 aromatic rings. The first-order valence-electron chi connectivity index (χ1n) is 9.66. The molecule has 0 saturated heterocycles. The van der Waals surface area contributed by atoms with E-state index in [0.29, 0.717) is 17.3 Å². The third kappa shape index (κ3) is 6.46. The Hall–Kier alpha value is -3.56. The molecule has 168 valence electrons. The lowest BCUT2D eigenvalue weighted by atomic mass is 10.0. The quantitative estimate of drug-likeness (QED) is 0.620. The molecule has 0 radical (unpaired) electrons. The van der Waals surface area contributed by atoms with E-state index in [0.717, 1.165) is 0 Å². The number of benzene rings is 1. The second kappa shape index (κ2) is 10.5. The summed E-state index contributed by atoms with van der Waals surface area (Å²) < 4.78 is 15.3. The van der Waals surface area contributed by atoms with Gasteiger partial charge in [0, 0.05) is 24.7 Å². The van der Waals surface area contributed by atoms with Crippen LogP contribution in [0.2, 0.25) is 0 Å². The maximum absolute atomic E-state index is 12.9. The van der Waals surface area contributed by atoms with Gasteiger partial charge in [-0.25, -0.2) is 0 Å². The lowest BCUT2D eigenvalue weighted by molar-refractivity contribution is -0.135. The van der Waals surface area contributed by atoms with Gasteiger partial charge in [-0.2, -0.15) is 0 Å². The predicted molar refractivity (Wildman–Crippen MR) is 113 cm³/mol. The van der Waals surface area contributed by atoms with Crippen LogP contribution in [0.5, 0.6) is 11.5 Å². The van der Waals surface area contributed by atoms with Crippen molar-refractivity contribution < 1.29 is 28.4 Å². The smallest absolute Gasteiger partial charge is 0.252 e. The van der Waals surface area contributed by atoms with Crippen LogP contribution in [0.3, 0.4) is 0 Å². The SMILES string of the molecule is COc1cc(OC)cc(C(=O)N[C@H](C(=O)N(C)CC(=O)Nc2cc(C)on2)C(C)C)c1. The number of hydrogen-bond acceptors (Lipinski definition) is 7. The molecule has 0 aliphatic rings. The minimum Gasteiger partial charge on any atom is -0.497 e. The first-order chi connectivity index (χ1) is 14.6. The standard InChI is InChI=1S/C21H28N4O6/c1-12(2)19(23-20(27)14-8-15(29-5)10-16(9-14)30-6)21(28)25(4)11-18(26)22-17-7-13(3)31-24-17/h7-10,12,19H,11H2,1-6H3,(H,23,27)(H,22,24,26)/t19-/m0/s1. The van der Waals surface area contributed by atoms with Crippen LogP contribution in [-0.2, 0) is 9.59 Å². The lowest BCUT2D eigenvalue weighted by Crippen LogP contribution is -2.51. The van der Waals surface area contributed by atoms with E-state index in [4.69, 9.17) is 14.0 Å². The number of amides is 3. The van der Waals surface area contributed by atoms with Gasteiger partial charge in [0.05, 0.1) is 20.8 Å². The molecule has 0 unspecified atom stereocenters. The van der Waals surface area contributed by atoms with Gasteiger partial charge in [0.15, 0.2) is 5.82 Å². The van der Waals surface area contributed by atoms with Crippen molar-refractivity contribution in [3.05, 3.63) is 35.6 Å². The first-order valence-corrected chi connectivity index (χ1v) is 9.66. The Labute approximate surface area is 180 Å². The number of aryl methyl sites for hydroxylation is 1. The molecule has 10 heteroatoms. The van der Waals surface area contributed by atoms with Crippen molar-refractivity contribution in [1.82, 2.24) is 15.4 Å². The molecule has 1 atom stereocenters. The molecular formula is C21H28N4O6. The fourth-order valence-electron chi connectivity index (χ4n) is 2.82. The zero-order chi connectivity index (χ0) is 23.1. The molecule has 1 aromatic heterocycles. The maximum Gasteiger partial charge on any atom is 0.252 e. The molecule has 2 N–H and O–H groups in total. The second-order valence-corrected chi connectivity index (χ2v) is 7.36. The summed E-state index contributed by atoms with van der Waals surface area (Å²) in [6.07, 6.45) is 0. The molecule has 0 saturated carbocycles. The summed E-state index contributed by atoms with van der Waals surface area (Å²) in [5.41, 5.74) is 0.288. The van der Waals surface area contributed by atoms with Gasteiger partial charge in [-0.3, -0.25) is 14.4 Å². The summed E-state index contributed by atoms with van der Waals surface area (Å²) in [5.74, 6) is 0.219. The van der Waals surface area contributed by atoms with E-state index in [-0.39, 0.29) is 23.8 Å². The Morgan fingerprint density at radius 1 is 1.10 bits per heavy atom. The number of methoxy groups -OCH3 is 2. The minimum absolute atomic E-state index is 0.211. The van der Waals surface area contributed by atoms with E-state index in [1.807, 2.05) is 0 Å². The Balaban J connectivity index is 2.07. The van der Waals surface area contributed by atoms with E-state index in [1.54, 1.807) is 45.0 Å². The highest BCUT2D eigenvalue weighted by Gasteiger charge is 2.28. The highest BCUT2D eigenvalue weighted by molar-refractivity contribution is 5.99. The highest BCUT2D eigenvalue weighted by Crippen LogP contribution is 2.22. The average Bonchev–Trinajstić information content (AvgIpc) is 3.14. The maximum atomic E-state index is 12.9. The molecule has 0 spiro atoms. The third-order valence-corrected chi connectivity index (χ3v) is 4.49. The van der Waals surface area contributed by atoms with E-state index in [2.05, 4.69) is 15.8 Å². The van der Waals surface area contributed by atoms with Gasteiger partial charge in [0.1, 0.15) is 23.3 Å². The van der Waals surface area contributed by atoms with Crippen molar-refractivity contribution in [2.45, 2.75) is 26.8 Å². The van der Waals surface area contributed by atoms with Crippen LogP contribution in [0.4, 0.5) is 5.82 Å². The van der Waals surface area contributed by atoms with Crippen LogP contribution >= 0.6 is 0 Å². The number of hydrogen-bond donors (Lipinski definition) is 2. The Kier molecular flexibility index (Phi) is 8.00. The van der Waals surface area contributed by atoms with Gasteiger partial charge < -0.3 is 29.5 Å². The van der Waals surface area contributed by atoms with E-state index in [1.165, 1.54) is 26.2 Å². The zero-order valence-electron chi connectivity index (χ0n) is 18.5. The van der Waals surface area contributed by atoms with Gasteiger partial charge in [-0.1, -0.05) is 19.0 Å². The first kappa shape index (κ1) is 23.7. The van der Waals surface area contributed by atoms with Crippen LogP contribution in [0.15, 0.2) is 28.8 Å². The Morgan fingerprint density at radius 3 is 2.19 bits per heavy atom.